The number of amidine groups is 2. The van der Waals surface area contributed by atoms with Crippen LogP contribution in [0, 0.1) is 29.6 Å². The van der Waals surface area contributed by atoms with Gasteiger partial charge in [-0.15, -0.1) is 11.3 Å². The molecule has 4 aromatic rings. The number of benzene rings is 2. The van der Waals surface area contributed by atoms with E-state index in [1.807, 2.05) is 67.2 Å². The van der Waals surface area contributed by atoms with Gasteiger partial charge in [0.1, 0.15) is 22.7 Å². The number of amides is 2. The van der Waals surface area contributed by atoms with E-state index < -0.39 is 6.04 Å². The third kappa shape index (κ3) is 6.96. The van der Waals surface area contributed by atoms with Gasteiger partial charge in [0.15, 0.2) is 0 Å². The Labute approximate surface area is 312 Å². The second kappa shape index (κ2) is 14.7. The minimum absolute atomic E-state index is 0.0631. The molecule has 2 aromatic carbocycles. The fraction of sp³-hybridized carbons (Fsp3) is 0.300. The summed E-state index contributed by atoms with van der Waals surface area (Å²) in [6, 6.07) is 13.0. The lowest BCUT2D eigenvalue weighted by Crippen LogP contribution is -2.53. The van der Waals surface area contributed by atoms with Crippen molar-refractivity contribution in [1.29, 1.82) is 10.8 Å². The average Bonchev–Trinajstić information content (AvgIpc) is 3.77. The van der Waals surface area contributed by atoms with Gasteiger partial charge in [0.05, 0.1) is 28.9 Å². The van der Waals surface area contributed by atoms with Crippen molar-refractivity contribution in [2.24, 2.45) is 4.99 Å². The first-order chi connectivity index (χ1) is 25.1. The minimum atomic E-state index is -0.416. The highest BCUT2D eigenvalue weighted by molar-refractivity contribution is 7.17. The van der Waals surface area contributed by atoms with Crippen molar-refractivity contribution in [3.63, 3.8) is 0 Å². The predicted molar refractivity (Wildman–Crippen MR) is 208 cm³/mol. The topological polar surface area (TPSA) is 131 Å². The van der Waals surface area contributed by atoms with Gasteiger partial charge in [0, 0.05) is 47.0 Å². The molecule has 0 aliphatic carbocycles. The molecule has 2 aromatic heterocycles. The predicted octanol–water partition coefficient (Wildman–Crippen LogP) is 7.05. The number of anilines is 1. The van der Waals surface area contributed by atoms with E-state index in [0.29, 0.717) is 23.6 Å². The zero-order valence-corrected chi connectivity index (χ0v) is 30.9. The number of aryl methyl sites for hydroxylation is 1. The van der Waals surface area contributed by atoms with Crippen LogP contribution in [0.1, 0.15) is 88.1 Å². The monoisotopic (exact) mass is 730 g/mol. The maximum absolute atomic E-state index is 13.2. The molecule has 0 saturated carbocycles. The van der Waals surface area contributed by atoms with Gasteiger partial charge in [0.25, 0.3) is 5.91 Å². The number of unbranched alkanes of at least 4 members (excludes halogenated alkanes) is 1. The largest absolute Gasteiger partial charge is 0.352 e. The summed E-state index contributed by atoms with van der Waals surface area (Å²) in [5, 5.41) is 26.0. The van der Waals surface area contributed by atoms with Crippen LogP contribution >= 0.6 is 22.9 Å². The molecule has 7 rings (SSSR count). The minimum Gasteiger partial charge on any atom is -0.352 e. The Morgan fingerprint density at radius 2 is 1.96 bits per heavy atom. The van der Waals surface area contributed by atoms with Crippen LogP contribution in [0.3, 0.4) is 0 Å². The van der Waals surface area contributed by atoms with Crippen LogP contribution in [0.4, 0.5) is 5.00 Å². The van der Waals surface area contributed by atoms with E-state index in [9.17, 15) is 9.59 Å². The fourth-order valence-corrected chi connectivity index (χ4v) is 8.34. The Morgan fingerprint density at radius 3 is 2.73 bits per heavy atom. The van der Waals surface area contributed by atoms with Crippen LogP contribution in [-0.4, -0.2) is 62.5 Å². The molecule has 1 saturated heterocycles. The SMILES string of the molecule is CC(=N)N1C(=N)CN=C(c2ccc(Cl)cc2)c2c1sc(C#Cc1cnn(CCC/C=C/c3cccc4c3CN(C3CCC(C)NC3=O)C4=O)c1)c2C. The number of nitrogens with one attached hydrogen (secondary N) is 3. The summed E-state index contributed by atoms with van der Waals surface area (Å²) in [6.07, 6.45) is 11.2. The highest BCUT2D eigenvalue weighted by atomic mass is 35.5. The molecule has 2 amide bonds. The molecule has 0 spiro atoms. The van der Waals surface area contributed by atoms with E-state index in [2.05, 4.69) is 34.4 Å². The molecule has 3 N–H and O–H groups in total. The van der Waals surface area contributed by atoms with E-state index in [1.165, 1.54) is 11.3 Å². The Morgan fingerprint density at radius 1 is 1.15 bits per heavy atom. The molecule has 0 radical (unpaired) electrons. The van der Waals surface area contributed by atoms with Crippen LogP contribution in [-0.2, 0) is 17.9 Å². The molecule has 3 aliphatic heterocycles. The van der Waals surface area contributed by atoms with Crippen molar-refractivity contribution in [2.45, 2.75) is 71.6 Å². The molecule has 264 valence electrons. The van der Waals surface area contributed by atoms with Gasteiger partial charge in [-0.1, -0.05) is 59.9 Å². The Balaban J connectivity index is 1.01. The maximum Gasteiger partial charge on any atom is 0.255 e. The number of hydrogen-bond donors (Lipinski definition) is 3. The zero-order chi connectivity index (χ0) is 36.5. The molecule has 0 bridgehead atoms. The number of carbonyl (C=O) groups is 2. The Bertz CT molecular complexity index is 2220. The first kappa shape index (κ1) is 35.1. The molecule has 12 heteroatoms. The van der Waals surface area contributed by atoms with Gasteiger partial charge in [-0.3, -0.25) is 35.0 Å². The highest BCUT2D eigenvalue weighted by Crippen LogP contribution is 2.39. The fourth-order valence-electron chi connectivity index (χ4n) is 6.97. The van der Waals surface area contributed by atoms with Gasteiger partial charge in [-0.05, 0) is 81.3 Å². The Hall–Kier alpha value is -5.31. The molecular formula is C40H39ClN8O2S. The van der Waals surface area contributed by atoms with Crippen LogP contribution < -0.4 is 10.2 Å². The lowest BCUT2D eigenvalue weighted by Gasteiger charge is -2.33. The van der Waals surface area contributed by atoms with Gasteiger partial charge < -0.3 is 10.2 Å². The molecule has 10 nitrogen and oxygen atoms in total. The van der Waals surface area contributed by atoms with Gasteiger partial charge in [-0.25, -0.2) is 0 Å². The van der Waals surface area contributed by atoms with E-state index in [0.717, 1.165) is 74.8 Å². The third-order valence-electron chi connectivity index (χ3n) is 9.66. The summed E-state index contributed by atoms with van der Waals surface area (Å²) >= 11 is 7.63. The van der Waals surface area contributed by atoms with Gasteiger partial charge >= 0.3 is 0 Å². The lowest BCUT2D eigenvalue weighted by molar-refractivity contribution is -0.128. The molecule has 3 aliphatic rings. The van der Waals surface area contributed by atoms with E-state index in [4.69, 9.17) is 27.4 Å². The molecule has 5 heterocycles. The van der Waals surface area contributed by atoms with E-state index >= 15 is 0 Å². The normalized spacial score (nSPS) is 18.5. The Kier molecular flexibility index (Phi) is 9.95. The third-order valence-corrected chi connectivity index (χ3v) is 11.1. The second-order valence-electron chi connectivity index (χ2n) is 13.4. The first-order valence-corrected chi connectivity index (χ1v) is 18.6. The van der Waals surface area contributed by atoms with Gasteiger partial charge in [0.2, 0.25) is 5.91 Å². The standard InChI is InChI=1S/C40H39ClN8O2S/c1-24-11-17-33(38(50)46-24)48-23-32-28(9-7-10-31(32)39(48)51)8-5-4-6-19-47-22-27(20-45-47)12-18-34-25(2)36-37(29-13-15-30(41)16-14-29)44-21-35(43)49(26(3)42)40(36)52-34/h5,7-10,13-16,20,22,24,33,42-43H,4,6,11,17,19,21,23H2,1-3H3,(H,46,50)/b8-5+,42-26?,43-35?. The van der Waals surface area contributed by atoms with Crippen molar-refractivity contribution < 1.29 is 9.59 Å². The number of piperidine rings is 1. The molecule has 1 fully saturated rings. The number of halogens is 1. The molecule has 2 atom stereocenters. The number of fused-ring (bicyclic) bond motifs is 2. The van der Waals surface area contributed by atoms with E-state index in [-0.39, 0.29) is 36.1 Å². The smallest absolute Gasteiger partial charge is 0.255 e. The van der Waals surface area contributed by atoms with Crippen LogP contribution in [0.5, 0.6) is 0 Å². The summed E-state index contributed by atoms with van der Waals surface area (Å²) in [5.41, 5.74) is 6.97. The number of nitrogens with zero attached hydrogens (tertiary/aromatic N) is 5. The summed E-state index contributed by atoms with van der Waals surface area (Å²) in [5.74, 6) is 6.97. The zero-order valence-electron chi connectivity index (χ0n) is 29.3. The number of hydrogen-bond acceptors (Lipinski definition) is 7. The van der Waals surface area contributed by atoms with Crippen LogP contribution in [0.15, 0.2) is 65.9 Å². The number of allylic oxidation sites excluding steroid dienone is 1. The quantitative estimate of drug-likeness (QED) is 0.0814. The van der Waals surface area contributed by atoms with Crippen molar-refractivity contribution >= 4 is 63.2 Å². The first-order valence-electron chi connectivity index (χ1n) is 17.4. The molecular weight excluding hydrogens is 692 g/mol. The van der Waals surface area contributed by atoms with Crippen molar-refractivity contribution in [3.8, 4) is 11.8 Å². The van der Waals surface area contributed by atoms with Crippen molar-refractivity contribution in [1.82, 2.24) is 20.0 Å². The second-order valence-corrected chi connectivity index (χ2v) is 14.8. The summed E-state index contributed by atoms with van der Waals surface area (Å²) in [6.45, 7) is 7.03. The average molecular weight is 731 g/mol. The number of thiophene rings is 1. The van der Waals surface area contributed by atoms with E-state index in [1.54, 1.807) is 22.9 Å². The van der Waals surface area contributed by atoms with Crippen LogP contribution in [0.2, 0.25) is 5.02 Å². The number of rotatable bonds is 7. The van der Waals surface area contributed by atoms with Crippen molar-refractivity contribution in [3.05, 3.63) is 110 Å². The molecule has 2 unspecified atom stereocenters. The summed E-state index contributed by atoms with van der Waals surface area (Å²) < 4.78 is 1.90. The summed E-state index contributed by atoms with van der Waals surface area (Å²) in [7, 11) is 0. The number of carbonyl (C=O) groups excluding carboxylic acids is 2. The number of aromatic nitrogens is 2. The lowest BCUT2D eigenvalue weighted by atomic mass is 9.99. The van der Waals surface area contributed by atoms with Crippen LogP contribution in [0.25, 0.3) is 6.08 Å². The highest BCUT2D eigenvalue weighted by Gasteiger charge is 2.39. The summed E-state index contributed by atoms with van der Waals surface area (Å²) in [4.78, 5) is 34.9. The van der Waals surface area contributed by atoms with Gasteiger partial charge in [-0.2, -0.15) is 5.10 Å². The van der Waals surface area contributed by atoms with Crippen molar-refractivity contribution in [2.75, 3.05) is 11.4 Å². The maximum atomic E-state index is 13.2. The molecule has 52 heavy (non-hydrogen) atoms. The number of aliphatic imine (C=N–C) groups is 1.